The van der Waals surface area contributed by atoms with Gasteiger partial charge in [0.05, 0.1) is 101 Å². The van der Waals surface area contributed by atoms with Crippen molar-refractivity contribution in [2.24, 2.45) is 0 Å². The van der Waals surface area contributed by atoms with Crippen LogP contribution in [-0.4, -0.2) is 116 Å². The molecule has 4 N–H and O–H groups in total. The zero-order valence-corrected chi connectivity index (χ0v) is 38.9. The summed E-state index contributed by atoms with van der Waals surface area (Å²) < 4.78 is 29.2. The number of esters is 2. The minimum Gasteiger partial charge on any atom is -0.496 e. The summed E-state index contributed by atoms with van der Waals surface area (Å²) in [4.78, 5) is 25.5. The van der Waals surface area contributed by atoms with Gasteiger partial charge < -0.3 is 53.1 Å². The summed E-state index contributed by atoms with van der Waals surface area (Å²) in [5.74, 6) is 0.941. The van der Waals surface area contributed by atoms with Crippen LogP contribution in [0.5, 0.6) is 17.2 Å². The molecule has 0 unspecified atom stereocenters. The number of ether oxygens (including phenoxy) is 5. The van der Waals surface area contributed by atoms with Crippen LogP contribution in [0.1, 0.15) is 86.1 Å². The van der Waals surface area contributed by atoms with Crippen molar-refractivity contribution in [2.45, 2.75) is 84.0 Å². The number of likely N-dealkylation sites (N-methyl/N-ethyl adjacent to an activating group) is 2. The number of aryl methyl sites for hydroxylation is 1. The summed E-state index contributed by atoms with van der Waals surface area (Å²) in [5, 5.41) is 40.0. The molecular weight excluding hydrogens is 829 g/mol. The van der Waals surface area contributed by atoms with Crippen molar-refractivity contribution in [3.63, 3.8) is 0 Å². The Hall–Kier alpha value is -5.28. The van der Waals surface area contributed by atoms with E-state index in [-0.39, 0.29) is 51.7 Å². The highest BCUT2D eigenvalue weighted by atomic mass is 16.5. The topological polar surface area (TPSA) is 161 Å². The Morgan fingerprint density at radius 3 is 1.62 bits per heavy atom. The highest BCUT2D eigenvalue weighted by Gasteiger charge is 2.41. The van der Waals surface area contributed by atoms with Crippen molar-refractivity contribution in [1.29, 1.82) is 0 Å². The number of fused-ring (bicyclic) bond motifs is 2. The van der Waals surface area contributed by atoms with E-state index in [4.69, 9.17) is 23.7 Å². The number of carbonyl (C=O) groups excluding carboxylic acids is 2. The van der Waals surface area contributed by atoms with Gasteiger partial charge in [0.1, 0.15) is 29.3 Å². The van der Waals surface area contributed by atoms with E-state index in [1.807, 2.05) is 42.5 Å². The monoisotopic (exact) mass is 896 g/mol. The number of benzene rings is 4. The molecule has 2 aliphatic heterocycles. The van der Waals surface area contributed by atoms with Gasteiger partial charge >= 0.3 is 11.9 Å². The fraction of sp³-hybridized carbons (Fsp3) is 0.462. The number of methoxy groups -OCH3 is 3. The van der Waals surface area contributed by atoms with E-state index in [0.29, 0.717) is 52.9 Å². The predicted molar refractivity (Wildman–Crippen MR) is 246 cm³/mol. The standard InChI is InChI=1S/C52H68N2O11/c1-35-23-44-39(30-49(35)62-5)16-20-53(2,46(44)26-37-9-11-40(31-55)50(27-37)63-6)17-7-21-64-51(59)13-14-52(60)65-22-8-18-54(3)19-15-38-28-41(32-56)42(33-57)29-45(38)47(54)25-36-10-12-48(61-4)43(24-36)34-58/h9-14,23-24,27-30,46-47,55-58H,7-8,15-22,25-26,31-34H2,1-6H3/q+2/b14-13+/t46-,47-,53-,54-/m1/s1. The van der Waals surface area contributed by atoms with Crippen molar-refractivity contribution < 1.29 is 62.7 Å². The average molecular weight is 897 g/mol. The number of rotatable bonds is 21. The van der Waals surface area contributed by atoms with Crippen LogP contribution in [0.15, 0.2) is 72.8 Å². The van der Waals surface area contributed by atoms with Crippen LogP contribution < -0.4 is 14.2 Å². The third-order valence-electron chi connectivity index (χ3n) is 13.8. The van der Waals surface area contributed by atoms with Crippen molar-refractivity contribution in [3.05, 3.63) is 134 Å². The SMILES string of the molecule is COc1cc2c(cc1C)[C@@H](Cc1ccc(CO)c(OC)c1)[N@+](C)(CCCOC(=O)/C=C/C(=O)OCCC[N@+]1(C)CCc3cc(CO)c(CO)cc3[C@H]1Cc1ccc(OC)c(CO)c1)CC2. The van der Waals surface area contributed by atoms with Crippen LogP contribution in [0.3, 0.4) is 0 Å². The first kappa shape index (κ1) is 49.2. The molecule has 0 spiro atoms. The molecule has 2 heterocycles. The quantitative estimate of drug-likeness (QED) is 0.0353. The zero-order valence-electron chi connectivity index (χ0n) is 38.9. The molecule has 0 saturated heterocycles. The van der Waals surface area contributed by atoms with Gasteiger partial charge in [-0.2, -0.15) is 0 Å². The average Bonchev–Trinajstić information content (AvgIpc) is 3.32. The largest absolute Gasteiger partial charge is 0.496 e. The Balaban J connectivity index is 1.03. The fourth-order valence-electron chi connectivity index (χ4n) is 10.0. The van der Waals surface area contributed by atoms with Crippen molar-refractivity contribution >= 4 is 11.9 Å². The Labute approximate surface area is 383 Å². The fourth-order valence-corrected chi connectivity index (χ4v) is 10.0. The minimum absolute atomic E-state index is 0.00881. The van der Waals surface area contributed by atoms with Gasteiger partial charge in [0, 0.05) is 72.9 Å². The lowest BCUT2D eigenvalue weighted by atomic mass is 9.84. The Morgan fingerprint density at radius 1 is 0.585 bits per heavy atom. The molecule has 0 bridgehead atoms. The Kier molecular flexibility index (Phi) is 16.8. The first-order valence-electron chi connectivity index (χ1n) is 22.6. The predicted octanol–water partition coefficient (Wildman–Crippen LogP) is 5.69. The number of hydrogen-bond donors (Lipinski definition) is 4. The number of hydrogen-bond acceptors (Lipinski definition) is 11. The molecule has 2 aliphatic rings. The van der Waals surface area contributed by atoms with Crippen LogP contribution in [0.2, 0.25) is 0 Å². The van der Waals surface area contributed by atoms with Crippen LogP contribution in [0.4, 0.5) is 0 Å². The normalized spacial score (nSPS) is 20.2. The summed E-state index contributed by atoms with van der Waals surface area (Å²) in [7, 11) is 9.34. The number of aliphatic hydroxyl groups excluding tert-OH is 4. The van der Waals surface area contributed by atoms with Crippen LogP contribution in [0, 0.1) is 6.92 Å². The van der Waals surface area contributed by atoms with E-state index in [0.717, 1.165) is 100 Å². The van der Waals surface area contributed by atoms with Crippen molar-refractivity contribution in [1.82, 2.24) is 0 Å². The molecule has 0 radical (unpaired) electrons. The molecule has 0 saturated carbocycles. The van der Waals surface area contributed by atoms with E-state index in [2.05, 4.69) is 39.2 Å². The third kappa shape index (κ3) is 11.6. The zero-order chi connectivity index (χ0) is 46.7. The van der Waals surface area contributed by atoms with Gasteiger partial charge in [-0.25, -0.2) is 9.59 Å². The lowest BCUT2D eigenvalue weighted by Crippen LogP contribution is -2.52. The highest BCUT2D eigenvalue weighted by molar-refractivity contribution is 5.91. The number of carbonyl (C=O) groups is 2. The molecule has 4 aromatic carbocycles. The molecule has 0 aromatic heterocycles. The molecule has 6 rings (SSSR count). The molecule has 350 valence electrons. The van der Waals surface area contributed by atoms with Gasteiger partial charge in [0.15, 0.2) is 0 Å². The van der Waals surface area contributed by atoms with E-state index in [9.17, 15) is 30.0 Å². The van der Waals surface area contributed by atoms with Crippen LogP contribution in [0.25, 0.3) is 0 Å². The van der Waals surface area contributed by atoms with E-state index < -0.39 is 11.9 Å². The van der Waals surface area contributed by atoms with Crippen LogP contribution >= 0.6 is 0 Å². The van der Waals surface area contributed by atoms with Crippen LogP contribution in [-0.2, 0) is 71.2 Å². The summed E-state index contributed by atoms with van der Waals surface area (Å²) in [6.45, 7) is 5.03. The number of aliphatic hydroxyl groups is 4. The van der Waals surface area contributed by atoms with Gasteiger partial charge in [-0.05, 0) is 82.3 Å². The summed E-state index contributed by atoms with van der Waals surface area (Å²) in [6, 6.07) is 20.4. The summed E-state index contributed by atoms with van der Waals surface area (Å²) in [5.41, 5.74) is 10.9. The first-order valence-corrected chi connectivity index (χ1v) is 22.6. The number of nitrogens with zero attached hydrogens (tertiary/aromatic N) is 2. The smallest absolute Gasteiger partial charge is 0.331 e. The van der Waals surface area contributed by atoms with Crippen molar-refractivity contribution in [2.75, 3.05) is 74.8 Å². The van der Waals surface area contributed by atoms with Gasteiger partial charge in [-0.1, -0.05) is 24.3 Å². The van der Waals surface area contributed by atoms with Gasteiger partial charge in [-0.3, -0.25) is 0 Å². The van der Waals surface area contributed by atoms with Gasteiger partial charge in [0.25, 0.3) is 0 Å². The molecule has 0 fully saturated rings. The molecule has 65 heavy (non-hydrogen) atoms. The Bertz CT molecular complexity index is 2330. The lowest BCUT2D eigenvalue weighted by molar-refractivity contribution is -0.941. The third-order valence-corrected chi connectivity index (χ3v) is 13.8. The maximum atomic E-state index is 12.8. The van der Waals surface area contributed by atoms with Gasteiger partial charge in [-0.15, -0.1) is 0 Å². The second-order valence-electron chi connectivity index (χ2n) is 17.9. The second kappa shape index (κ2) is 22.3. The van der Waals surface area contributed by atoms with E-state index >= 15 is 0 Å². The molecule has 4 aromatic rings. The van der Waals surface area contributed by atoms with Gasteiger partial charge in [0.2, 0.25) is 0 Å². The summed E-state index contributed by atoms with van der Waals surface area (Å²) >= 11 is 0. The summed E-state index contributed by atoms with van der Waals surface area (Å²) in [6.07, 6.45) is 6.53. The molecule has 13 heteroatoms. The van der Waals surface area contributed by atoms with E-state index in [1.165, 1.54) is 11.1 Å². The second-order valence-corrected chi connectivity index (χ2v) is 17.9. The van der Waals surface area contributed by atoms with E-state index in [1.54, 1.807) is 21.3 Å². The maximum absolute atomic E-state index is 12.8. The first-order chi connectivity index (χ1) is 31.3. The minimum atomic E-state index is -0.618. The molecule has 0 amide bonds. The molecular formula is C52H68N2O11+2. The molecule has 13 nitrogen and oxygen atoms in total. The molecule has 0 aliphatic carbocycles. The lowest BCUT2D eigenvalue weighted by Gasteiger charge is -2.46. The highest BCUT2D eigenvalue weighted by Crippen LogP contribution is 2.42. The number of quaternary nitrogens is 2. The Morgan fingerprint density at radius 2 is 1.08 bits per heavy atom. The molecule has 4 atom stereocenters. The van der Waals surface area contributed by atoms with Crippen molar-refractivity contribution in [3.8, 4) is 17.2 Å². The maximum Gasteiger partial charge on any atom is 0.331 e.